The molecule has 0 radical (unpaired) electrons. The molecule has 0 aromatic heterocycles. The predicted molar refractivity (Wildman–Crippen MR) is 130 cm³/mol. The molecular weight excluding hydrogens is 444 g/mol. The highest BCUT2D eigenvalue weighted by molar-refractivity contribution is 5.88. The Morgan fingerprint density at radius 1 is 0.971 bits per heavy atom. The molecule has 2 N–H and O–H groups in total. The molecule has 1 heterocycles. The first-order valence-corrected chi connectivity index (χ1v) is 11.6. The average Bonchev–Trinajstić information content (AvgIpc) is 3.41. The van der Waals surface area contributed by atoms with Gasteiger partial charge in [-0.25, -0.2) is 9.59 Å². The Labute approximate surface area is 203 Å². The van der Waals surface area contributed by atoms with Crippen molar-refractivity contribution in [1.82, 2.24) is 10.2 Å². The highest BCUT2D eigenvalue weighted by Gasteiger charge is 2.30. The standard InChI is InChI=1S/C28H26N2O5/c1-17(12-26(31)30-14-19-11-10-18(27(32)33)13-20(19)15-30)29-28(34)35-16-25-23-8-4-2-6-21(23)22-7-3-5-9-24(22)25/h2-11,13,17,25H,12,14-16H2,1H3,(H,29,34)(H,32,33)/t17-/m0/s1. The second-order valence-corrected chi connectivity index (χ2v) is 9.11. The maximum Gasteiger partial charge on any atom is 0.407 e. The fraction of sp³-hybridized carbons (Fsp3) is 0.250. The summed E-state index contributed by atoms with van der Waals surface area (Å²) in [5, 5.41) is 11.9. The third kappa shape index (κ3) is 4.49. The van der Waals surface area contributed by atoms with E-state index in [9.17, 15) is 19.5 Å². The number of alkyl carbamates (subject to hydrolysis) is 1. The molecule has 2 amide bonds. The monoisotopic (exact) mass is 470 g/mol. The number of hydrogen-bond donors (Lipinski definition) is 2. The molecule has 1 atom stereocenters. The van der Waals surface area contributed by atoms with E-state index in [0.29, 0.717) is 13.1 Å². The summed E-state index contributed by atoms with van der Waals surface area (Å²) in [7, 11) is 0. The summed E-state index contributed by atoms with van der Waals surface area (Å²) >= 11 is 0. The fourth-order valence-electron chi connectivity index (χ4n) is 4.99. The van der Waals surface area contributed by atoms with Crippen LogP contribution in [0.15, 0.2) is 66.7 Å². The van der Waals surface area contributed by atoms with Crippen LogP contribution in [0.2, 0.25) is 0 Å². The summed E-state index contributed by atoms with van der Waals surface area (Å²) in [6, 6.07) is 20.8. The largest absolute Gasteiger partial charge is 0.478 e. The number of nitrogens with one attached hydrogen (secondary N) is 1. The van der Waals surface area contributed by atoms with Crippen LogP contribution in [0.3, 0.4) is 0 Å². The SMILES string of the molecule is C[C@@H](CC(=O)N1Cc2ccc(C(=O)O)cc2C1)NC(=O)OCC1c2ccccc2-c2ccccc21. The van der Waals surface area contributed by atoms with Crippen molar-refractivity contribution >= 4 is 18.0 Å². The van der Waals surface area contributed by atoms with Crippen molar-refractivity contribution in [2.45, 2.75) is 38.4 Å². The van der Waals surface area contributed by atoms with Crippen LogP contribution in [-0.4, -0.2) is 40.6 Å². The minimum atomic E-state index is -0.988. The third-order valence-electron chi connectivity index (χ3n) is 6.72. The highest BCUT2D eigenvalue weighted by atomic mass is 16.5. The van der Waals surface area contributed by atoms with Gasteiger partial charge in [0.05, 0.1) is 5.56 Å². The van der Waals surface area contributed by atoms with Gasteiger partial charge in [-0.2, -0.15) is 0 Å². The van der Waals surface area contributed by atoms with Crippen LogP contribution < -0.4 is 5.32 Å². The van der Waals surface area contributed by atoms with Crippen molar-refractivity contribution in [2.24, 2.45) is 0 Å². The van der Waals surface area contributed by atoms with Crippen LogP contribution in [0.1, 0.15) is 51.9 Å². The Kier molecular flexibility index (Phi) is 5.99. The molecule has 0 saturated heterocycles. The zero-order valence-corrected chi connectivity index (χ0v) is 19.4. The summed E-state index contributed by atoms with van der Waals surface area (Å²) < 4.78 is 5.57. The average molecular weight is 471 g/mol. The number of fused-ring (bicyclic) bond motifs is 4. The number of hydrogen-bond acceptors (Lipinski definition) is 4. The fourth-order valence-corrected chi connectivity index (χ4v) is 4.99. The first-order valence-electron chi connectivity index (χ1n) is 11.6. The van der Waals surface area contributed by atoms with Gasteiger partial charge < -0.3 is 20.1 Å². The molecule has 7 heteroatoms. The van der Waals surface area contributed by atoms with E-state index in [1.807, 2.05) is 24.3 Å². The maximum absolute atomic E-state index is 12.8. The molecule has 1 aliphatic carbocycles. The second kappa shape index (κ2) is 9.25. The molecule has 0 saturated carbocycles. The summed E-state index contributed by atoms with van der Waals surface area (Å²) in [6.07, 6.45) is -0.424. The zero-order chi connectivity index (χ0) is 24.5. The van der Waals surface area contributed by atoms with Crippen LogP contribution in [-0.2, 0) is 22.6 Å². The van der Waals surface area contributed by atoms with Crippen LogP contribution >= 0.6 is 0 Å². The first-order chi connectivity index (χ1) is 16.9. The van der Waals surface area contributed by atoms with Gasteiger partial charge in [0.1, 0.15) is 6.61 Å². The van der Waals surface area contributed by atoms with Gasteiger partial charge in [0.25, 0.3) is 0 Å². The Balaban J connectivity index is 1.14. The number of amides is 2. The van der Waals surface area contributed by atoms with Gasteiger partial charge in [0.15, 0.2) is 0 Å². The summed E-state index contributed by atoms with van der Waals surface area (Å²) in [6.45, 7) is 2.79. The van der Waals surface area contributed by atoms with Gasteiger partial charge in [-0.05, 0) is 52.4 Å². The van der Waals surface area contributed by atoms with Crippen molar-refractivity contribution in [1.29, 1.82) is 0 Å². The molecule has 0 unspecified atom stereocenters. The lowest BCUT2D eigenvalue weighted by molar-refractivity contribution is -0.132. The second-order valence-electron chi connectivity index (χ2n) is 9.11. The van der Waals surface area contributed by atoms with E-state index >= 15 is 0 Å². The van der Waals surface area contributed by atoms with Gasteiger partial charge in [0, 0.05) is 31.5 Å². The van der Waals surface area contributed by atoms with Gasteiger partial charge in [-0.3, -0.25) is 4.79 Å². The molecular formula is C28H26N2O5. The van der Waals surface area contributed by atoms with Crippen molar-refractivity contribution in [3.05, 3.63) is 94.5 Å². The minimum Gasteiger partial charge on any atom is -0.478 e. The quantitative estimate of drug-likeness (QED) is 0.551. The smallest absolute Gasteiger partial charge is 0.407 e. The molecule has 35 heavy (non-hydrogen) atoms. The molecule has 7 nitrogen and oxygen atoms in total. The van der Waals surface area contributed by atoms with Crippen molar-refractivity contribution in [3.8, 4) is 11.1 Å². The van der Waals surface area contributed by atoms with Crippen LogP contribution in [0.25, 0.3) is 11.1 Å². The van der Waals surface area contributed by atoms with E-state index in [4.69, 9.17) is 4.74 Å². The Hall–Kier alpha value is -4.13. The topological polar surface area (TPSA) is 95.9 Å². The molecule has 2 aliphatic rings. The minimum absolute atomic E-state index is 0.0242. The molecule has 178 valence electrons. The molecule has 5 rings (SSSR count). The number of rotatable bonds is 6. The number of aromatic carboxylic acids is 1. The molecule has 0 bridgehead atoms. The maximum atomic E-state index is 12.8. The summed E-state index contributed by atoms with van der Waals surface area (Å²) in [5.41, 5.74) is 6.62. The molecule has 3 aromatic carbocycles. The zero-order valence-electron chi connectivity index (χ0n) is 19.4. The van der Waals surface area contributed by atoms with E-state index in [-0.39, 0.29) is 30.4 Å². The van der Waals surface area contributed by atoms with E-state index in [0.717, 1.165) is 33.4 Å². The lowest BCUT2D eigenvalue weighted by atomic mass is 9.98. The third-order valence-corrected chi connectivity index (χ3v) is 6.72. The van der Waals surface area contributed by atoms with Crippen LogP contribution in [0.5, 0.6) is 0 Å². The summed E-state index contributed by atoms with van der Waals surface area (Å²) in [4.78, 5) is 38.2. The Morgan fingerprint density at radius 2 is 1.60 bits per heavy atom. The first kappa shape index (κ1) is 22.7. The lowest BCUT2D eigenvalue weighted by Gasteiger charge is -2.20. The summed E-state index contributed by atoms with van der Waals surface area (Å²) in [5.74, 6) is -1.12. The van der Waals surface area contributed by atoms with Gasteiger partial charge >= 0.3 is 12.1 Å². The number of nitrogens with zero attached hydrogens (tertiary/aromatic N) is 1. The number of ether oxygens (including phenoxy) is 1. The van der Waals surface area contributed by atoms with Crippen molar-refractivity contribution in [2.75, 3.05) is 6.61 Å². The lowest BCUT2D eigenvalue weighted by Crippen LogP contribution is -2.38. The van der Waals surface area contributed by atoms with E-state index in [2.05, 4.69) is 29.6 Å². The van der Waals surface area contributed by atoms with Crippen LogP contribution in [0, 0.1) is 0 Å². The van der Waals surface area contributed by atoms with E-state index in [1.54, 1.807) is 30.0 Å². The normalized spacial score (nSPS) is 14.6. The predicted octanol–water partition coefficient (Wildman–Crippen LogP) is 4.54. The highest BCUT2D eigenvalue weighted by Crippen LogP contribution is 2.44. The van der Waals surface area contributed by atoms with Crippen LogP contribution in [0.4, 0.5) is 4.79 Å². The van der Waals surface area contributed by atoms with Gasteiger partial charge in [0.2, 0.25) is 5.91 Å². The number of carbonyl (C=O) groups is 3. The number of benzene rings is 3. The molecule has 3 aromatic rings. The Bertz CT molecular complexity index is 1270. The van der Waals surface area contributed by atoms with E-state index in [1.165, 1.54) is 0 Å². The van der Waals surface area contributed by atoms with Gasteiger partial charge in [-0.1, -0.05) is 54.6 Å². The van der Waals surface area contributed by atoms with Crippen molar-refractivity contribution in [3.63, 3.8) is 0 Å². The van der Waals surface area contributed by atoms with E-state index < -0.39 is 18.1 Å². The molecule has 1 aliphatic heterocycles. The number of carboxylic acids is 1. The Morgan fingerprint density at radius 3 is 2.26 bits per heavy atom. The number of carboxylic acid groups (broad SMARTS) is 1. The molecule has 0 fully saturated rings. The van der Waals surface area contributed by atoms with Crippen molar-refractivity contribution < 1.29 is 24.2 Å². The molecule has 0 spiro atoms. The van der Waals surface area contributed by atoms with Gasteiger partial charge in [-0.15, -0.1) is 0 Å². The number of carbonyl (C=O) groups excluding carboxylic acids is 2.